The highest BCUT2D eigenvalue weighted by Gasteiger charge is 2.11. The summed E-state index contributed by atoms with van der Waals surface area (Å²) in [7, 11) is 0. The van der Waals surface area contributed by atoms with Crippen molar-refractivity contribution in [3.05, 3.63) is 35.7 Å². The Hall–Kier alpha value is -2.17. The summed E-state index contributed by atoms with van der Waals surface area (Å²) in [5.74, 6) is 0.128. The topological polar surface area (TPSA) is 68.0 Å². The average molecular weight is 217 g/mol. The first-order valence-electron chi connectivity index (χ1n) is 4.95. The van der Waals surface area contributed by atoms with Crippen LogP contribution in [0, 0.1) is 0 Å². The fourth-order valence-electron chi connectivity index (χ4n) is 1.51. The van der Waals surface area contributed by atoms with Gasteiger partial charge in [0.15, 0.2) is 6.29 Å². The van der Waals surface area contributed by atoms with E-state index in [1.54, 1.807) is 18.2 Å². The second-order valence-electron chi connectivity index (χ2n) is 3.32. The minimum atomic E-state index is 0.128. The molecule has 0 saturated heterocycles. The molecular formula is C11H11N3O2. The van der Waals surface area contributed by atoms with Crippen molar-refractivity contribution in [3.8, 4) is 11.4 Å². The van der Waals surface area contributed by atoms with Gasteiger partial charge in [0.2, 0.25) is 0 Å². The highest BCUT2D eigenvalue weighted by atomic mass is 16.3. The number of aldehydes is 1. The van der Waals surface area contributed by atoms with E-state index in [9.17, 15) is 9.90 Å². The number of phenolic OH excluding ortho intramolecular Hbond substituents is 1. The number of carbonyl (C=O) groups is 1. The van der Waals surface area contributed by atoms with Crippen molar-refractivity contribution in [2.24, 2.45) is 0 Å². The van der Waals surface area contributed by atoms with Crippen molar-refractivity contribution < 1.29 is 9.90 Å². The van der Waals surface area contributed by atoms with Gasteiger partial charge in [-0.1, -0.05) is 18.2 Å². The number of aromatic hydroxyl groups is 1. The molecule has 0 aliphatic heterocycles. The van der Waals surface area contributed by atoms with Gasteiger partial charge in [-0.15, -0.1) is 5.10 Å². The van der Waals surface area contributed by atoms with E-state index >= 15 is 0 Å². The van der Waals surface area contributed by atoms with Gasteiger partial charge in [-0.25, -0.2) is 4.68 Å². The molecule has 0 spiro atoms. The second-order valence-corrected chi connectivity index (χ2v) is 3.32. The molecule has 16 heavy (non-hydrogen) atoms. The summed E-state index contributed by atoms with van der Waals surface area (Å²) in [6.07, 6.45) is 1.37. The number of phenols is 1. The third-order valence-electron chi connectivity index (χ3n) is 2.30. The maximum absolute atomic E-state index is 11.0. The Morgan fingerprint density at radius 3 is 2.94 bits per heavy atom. The molecule has 0 radical (unpaired) electrons. The third kappa shape index (κ3) is 1.67. The lowest BCUT2D eigenvalue weighted by atomic mass is 10.2. The van der Waals surface area contributed by atoms with Gasteiger partial charge in [0, 0.05) is 6.07 Å². The lowest BCUT2D eigenvalue weighted by Gasteiger charge is -2.02. The molecule has 2 aromatic rings. The van der Waals surface area contributed by atoms with E-state index < -0.39 is 0 Å². The van der Waals surface area contributed by atoms with Crippen LogP contribution in [0.15, 0.2) is 24.3 Å². The SMILES string of the molecule is CCc1nnn(-c2cccc(O)c2)c1C=O. The average Bonchev–Trinajstić information content (AvgIpc) is 2.71. The van der Waals surface area contributed by atoms with Gasteiger partial charge in [0.1, 0.15) is 11.4 Å². The van der Waals surface area contributed by atoms with Crippen LogP contribution >= 0.6 is 0 Å². The Balaban J connectivity index is 2.55. The zero-order chi connectivity index (χ0) is 11.5. The maximum Gasteiger partial charge on any atom is 0.170 e. The number of aromatic nitrogens is 3. The molecule has 82 valence electrons. The van der Waals surface area contributed by atoms with Crippen molar-refractivity contribution in [2.75, 3.05) is 0 Å². The van der Waals surface area contributed by atoms with Crippen molar-refractivity contribution >= 4 is 6.29 Å². The summed E-state index contributed by atoms with van der Waals surface area (Å²) in [5.41, 5.74) is 1.70. The number of aryl methyl sites for hydroxylation is 1. The molecule has 5 nitrogen and oxygen atoms in total. The van der Waals surface area contributed by atoms with Crippen LogP contribution in [0.3, 0.4) is 0 Å². The summed E-state index contributed by atoms with van der Waals surface area (Å²) >= 11 is 0. The van der Waals surface area contributed by atoms with Crippen LogP contribution in [-0.4, -0.2) is 26.4 Å². The van der Waals surface area contributed by atoms with E-state index in [1.165, 1.54) is 10.7 Å². The number of hydrogen-bond donors (Lipinski definition) is 1. The molecule has 0 fully saturated rings. The Kier molecular flexibility index (Phi) is 2.68. The van der Waals surface area contributed by atoms with Gasteiger partial charge in [0.05, 0.1) is 11.4 Å². The molecule has 0 saturated carbocycles. The first-order valence-corrected chi connectivity index (χ1v) is 4.95. The van der Waals surface area contributed by atoms with Crippen LogP contribution in [0.2, 0.25) is 0 Å². The lowest BCUT2D eigenvalue weighted by molar-refractivity contribution is 0.111. The summed E-state index contributed by atoms with van der Waals surface area (Å²) in [6.45, 7) is 1.91. The van der Waals surface area contributed by atoms with Gasteiger partial charge >= 0.3 is 0 Å². The van der Waals surface area contributed by atoms with Crippen molar-refractivity contribution in [1.29, 1.82) is 0 Å². The van der Waals surface area contributed by atoms with Crippen LogP contribution in [-0.2, 0) is 6.42 Å². The van der Waals surface area contributed by atoms with Crippen LogP contribution in [0.25, 0.3) is 5.69 Å². The van der Waals surface area contributed by atoms with Crippen molar-refractivity contribution in [3.63, 3.8) is 0 Å². The normalized spacial score (nSPS) is 10.3. The summed E-state index contributed by atoms with van der Waals surface area (Å²) in [4.78, 5) is 11.0. The molecule has 1 aromatic carbocycles. The highest BCUT2D eigenvalue weighted by molar-refractivity contribution is 5.74. The van der Waals surface area contributed by atoms with E-state index in [1.807, 2.05) is 6.92 Å². The second kappa shape index (κ2) is 4.14. The number of carbonyl (C=O) groups excluding carboxylic acids is 1. The van der Waals surface area contributed by atoms with Gasteiger partial charge in [0.25, 0.3) is 0 Å². The molecule has 0 aliphatic rings. The lowest BCUT2D eigenvalue weighted by Crippen LogP contribution is -2.02. The minimum Gasteiger partial charge on any atom is -0.508 e. The minimum absolute atomic E-state index is 0.128. The van der Waals surface area contributed by atoms with Gasteiger partial charge < -0.3 is 5.11 Å². The van der Waals surface area contributed by atoms with Crippen LogP contribution in [0.5, 0.6) is 5.75 Å². The highest BCUT2D eigenvalue weighted by Crippen LogP contribution is 2.16. The van der Waals surface area contributed by atoms with Gasteiger partial charge in [-0.3, -0.25) is 4.79 Å². The molecule has 0 aliphatic carbocycles. The zero-order valence-corrected chi connectivity index (χ0v) is 8.79. The molecule has 0 unspecified atom stereocenters. The molecule has 0 atom stereocenters. The van der Waals surface area contributed by atoms with Gasteiger partial charge in [-0.2, -0.15) is 0 Å². The standard InChI is InChI=1S/C11H11N3O2/c1-2-10-11(7-15)14(13-12-10)8-4-3-5-9(16)6-8/h3-7,16H,2H2,1H3. The fraction of sp³-hybridized carbons (Fsp3) is 0.182. The number of nitrogens with zero attached hydrogens (tertiary/aromatic N) is 3. The Morgan fingerprint density at radius 1 is 1.50 bits per heavy atom. The Morgan fingerprint density at radius 2 is 2.31 bits per heavy atom. The predicted molar refractivity (Wildman–Crippen MR) is 57.8 cm³/mol. The van der Waals surface area contributed by atoms with E-state index in [0.29, 0.717) is 23.5 Å². The molecule has 1 N–H and O–H groups in total. The van der Waals surface area contributed by atoms with E-state index in [0.717, 1.165) is 6.29 Å². The predicted octanol–water partition coefficient (Wildman–Crippen LogP) is 1.35. The smallest absolute Gasteiger partial charge is 0.170 e. The molecule has 2 rings (SSSR count). The number of hydrogen-bond acceptors (Lipinski definition) is 4. The molecule has 0 amide bonds. The Bertz CT molecular complexity index is 520. The monoisotopic (exact) mass is 217 g/mol. The fourth-order valence-corrected chi connectivity index (χ4v) is 1.51. The zero-order valence-electron chi connectivity index (χ0n) is 8.79. The Labute approximate surface area is 92.3 Å². The summed E-state index contributed by atoms with van der Waals surface area (Å²) in [6, 6.07) is 6.52. The van der Waals surface area contributed by atoms with Crippen LogP contribution in [0.1, 0.15) is 23.1 Å². The van der Waals surface area contributed by atoms with Crippen molar-refractivity contribution in [2.45, 2.75) is 13.3 Å². The molecular weight excluding hydrogens is 206 g/mol. The first kappa shape index (κ1) is 10.4. The quantitative estimate of drug-likeness (QED) is 0.788. The molecule has 5 heteroatoms. The molecule has 0 bridgehead atoms. The largest absolute Gasteiger partial charge is 0.508 e. The molecule has 1 heterocycles. The first-order chi connectivity index (χ1) is 7.76. The summed E-state index contributed by atoms with van der Waals surface area (Å²) in [5, 5.41) is 17.2. The van der Waals surface area contributed by atoms with Crippen molar-refractivity contribution in [1.82, 2.24) is 15.0 Å². The van der Waals surface area contributed by atoms with E-state index in [4.69, 9.17) is 0 Å². The summed E-state index contributed by atoms with van der Waals surface area (Å²) < 4.78 is 1.42. The van der Waals surface area contributed by atoms with E-state index in [2.05, 4.69) is 10.3 Å². The molecule has 1 aromatic heterocycles. The van der Waals surface area contributed by atoms with Gasteiger partial charge in [-0.05, 0) is 18.6 Å². The van der Waals surface area contributed by atoms with Crippen LogP contribution < -0.4 is 0 Å². The maximum atomic E-state index is 11.0. The number of benzene rings is 1. The van der Waals surface area contributed by atoms with E-state index in [-0.39, 0.29) is 5.75 Å². The third-order valence-corrected chi connectivity index (χ3v) is 2.30. The number of rotatable bonds is 3. The van der Waals surface area contributed by atoms with Crippen LogP contribution in [0.4, 0.5) is 0 Å².